The van der Waals surface area contributed by atoms with Gasteiger partial charge in [-0.3, -0.25) is 15.1 Å². The summed E-state index contributed by atoms with van der Waals surface area (Å²) in [6.07, 6.45) is 2.35. The molecule has 1 fully saturated rings. The van der Waals surface area contributed by atoms with Crippen molar-refractivity contribution in [1.82, 2.24) is 10.3 Å². The third-order valence-electron chi connectivity index (χ3n) is 3.22. The Morgan fingerprint density at radius 3 is 2.59 bits per heavy atom. The number of nitrogens with two attached hydrogens (primary N) is 1. The Kier molecular flexibility index (Phi) is 3.76. The molecular formula is C13H19N3O. The summed E-state index contributed by atoms with van der Waals surface area (Å²) in [7, 11) is 0. The van der Waals surface area contributed by atoms with E-state index < -0.39 is 0 Å². The van der Waals surface area contributed by atoms with E-state index in [0.717, 1.165) is 12.1 Å². The van der Waals surface area contributed by atoms with Crippen LogP contribution in [0.15, 0.2) is 30.3 Å². The smallest absolute Gasteiger partial charge is 0.255 e. The standard InChI is InChI=1S/C13H19N3O/c1-2-16(11-8-9-11)12(13(17)15-14)10-6-4-3-5-7-10/h3-7,11-12H,2,8-9,14H2,1H3,(H,15,17). The van der Waals surface area contributed by atoms with Gasteiger partial charge in [-0.05, 0) is 24.9 Å². The lowest BCUT2D eigenvalue weighted by Gasteiger charge is -2.29. The summed E-state index contributed by atoms with van der Waals surface area (Å²) >= 11 is 0. The van der Waals surface area contributed by atoms with E-state index in [1.807, 2.05) is 30.3 Å². The quantitative estimate of drug-likeness (QED) is 0.456. The molecule has 2 rings (SSSR count). The molecule has 1 aliphatic rings. The molecule has 92 valence electrons. The van der Waals surface area contributed by atoms with E-state index in [-0.39, 0.29) is 11.9 Å². The summed E-state index contributed by atoms with van der Waals surface area (Å²) in [5.41, 5.74) is 3.28. The normalized spacial score (nSPS) is 16.9. The number of likely N-dealkylation sites (N-methyl/N-ethyl adjacent to an activating group) is 1. The number of nitrogens with one attached hydrogen (secondary N) is 1. The van der Waals surface area contributed by atoms with Crippen LogP contribution in [-0.2, 0) is 4.79 Å². The van der Waals surface area contributed by atoms with Crippen LogP contribution in [0.2, 0.25) is 0 Å². The zero-order chi connectivity index (χ0) is 12.3. The number of hydrazine groups is 1. The Balaban J connectivity index is 2.27. The Labute approximate surface area is 102 Å². The number of hydrogen-bond acceptors (Lipinski definition) is 3. The molecule has 17 heavy (non-hydrogen) atoms. The van der Waals surface area contributed by atoms with Crippen LogP contribution in [0.3, 0.4) is 0 Å². The summed E-state index contributed by atoms with van der Waals surface area (Å²) in [6, 6.07) is 10.1. The summed E-state index contributed by atoms with van der Waals surface area (Å²) in [4.78, 5) is 14.2. The molecule has 0 aromatic heterocycles. The first-order valence-corrected chi connectivity index (χ1v) is 6.09. The van der Waals surface area contributed by atoms with Gasteiger partial charge in [0, 0.05) is 6.04 Å². The third kappa shape index (κ3) is 2.65. The van der Waals surface area contributed by atoms with Crippen LogP contribution in [0.1, 0.15) is 31.4 Å². The Bertz CT molecular complexity index is 376. The maximum Gasteiger partial charge on any atom is 0.255 e. The minimum absolute atomic E-state index is 0.134. The monoisotopic (exact) mass is 233 g/mol. The first kappa shape index (κ1) is 12.1. The van der Waals surface area contributed by atoms with Crippen molar-refractivity contribution in [2.45, 2.75) is 31.8 Å². The van der Waals surface area contributed by atoms with E-state index in [2.05, 4.69) is 17.2 Å². The molecular weight excluding hydrogens is 214 g/mol. The molecule has 0 spiro atoms. The van der Waals surface area contributed by atoms with Crippen molar-refractivity contribution in [2.75, 3.05) is 6.54 Å². The van der Waals surface area contributed by atoms with Crippen LogP contribution < -0.4 is 11.3 Å². The van der Waals surface area contributed by atoms with Gasteiger partial charge in [0.25, 0.3) is 5.91 Å². The molecule has 1 atom stereocenters. The highest BCUT2D eigenvalue weighted by Gasteiger charge is 2.36. The summed E-state index contributed by atoms with van der Waals surface area (Å²) in [5, 5.41) is 0. The molecule has 1 aliphatic carbocycles. The second-order valence-electron chi connectivity index (χ2n) is 4.38. The molecule has 0 bridgehead atoms. The van der Waals surface area contributed by atoms with Crippen molar-refractivity contribution >= 4 is 5.91 Å². The van der Waals surface area contributed by atoms with Crippen molar-refractivity contribution in [3.63, 3.8) is 0 Å². The average molecular weight is 233 g/mol. The molecule has 0 saturated heterocycles. The van der Waals surface area contributed by atoms with Crippen LogP contribution >= 0.6 is 0 Å². The molecule has 4 nitrogen and oxygen atoms in total. The summed E-state index contributed by atoms with van der Waals surface area (Å²) in [5.74, 6) is 5.16. The predicted molar refractivity (Wildman–Crippen MR) is 66.9 cm³/mol. The first-order valence-electron chi connectivity index (χ1n) is 6.09. The number of hydrogen-bond donors (Lipinski definition) is 2. The van der Waals surface area contributed by atoms with Gasteiger partial charge < -0.3 is 0 Å². The van der Waals surface area contributed by atoms with Crippen LogP contribution in [0, 0.1) is 0 Å². The topological polar surface area (TPSA) is 58.4 Å². The fourth-order valence-corrected chi connectivity index (χ4v) is 2.27. The number of amides is 1. The Hall–Kier alpha value is -1.39. The number of benzene rings is 1. The number of carbonyl (C=O) groups is 1. The van der Waals surface area contributed by atoms with E-state index in [4.69, 9.17) is 5.84 Å². The maximum atomic E-state index is 12.0. The zero-order valence-electron chi connectivity index (χ0n) is 10.1. The van der Waals surface area contributed by atoms with Gasteiger partial charge in [0.1, 0.15) is 6.04 Å². The number of nitrogens with zero attached hydrogens (tertiary/aromatic N) is 1. The molecule has 1 aromatic carbocycles. The minimum Gasteiger partial charge on any atom is -0.293 e. The van der Waals surface area contributed by atoms with Gasteiger partial charge in [-0.15, -0.1) is 0 Å². The highest BCUT2D eigenvalue weighted by molar-refractivity contribution is 5.82. The summed E-state index contributed by atoms with van der Waals surface area (Å²) < 4.78 is 0. The van der Waals surface area contributed by atoms with Crippen LogP contribution in [0.25, 0.3) is 0 Å². The SMILES string of the molecule is CCN(C1CC1)C(C(=O)NN)c1ccccc1. The molecule has 3 N–H and O–H groups in total. The highest BCUT2D eigenvalue weighted by atomic mass is 16.2. The third-order valence-corrected chi connectivity index (χ3v) is 3.22. The highest BCUT2D eigenvalue weighted by Crippen LogP contribution is 2.34. The van der Waals surface area contributed by atoms with Gasteiger partial charge in [0.05, 0.1) is 0 Å². The Morgan fingerprint density at radius 2 is 2.12 bits per heavy atom. The van der Waals surface area contributed by atoms with Gasteiger partial charge in [-0.25, -0.2) is 5.84 Å². The van der Waals surface area contributed by atoms with E-state index >= 15 is 0 Å². The van der Waals surface area contributed by atoms with E-state index in [1.165, 1.54) is 12.8 Å². The largest absolute Gasteiger partial charge is 0.293 e. The minimum atomic E-state index is -0.265. The van der Waals surface area contributed by atoms with Crippen LogP contribution in [0.4, 0.5) is 0 Å². The van der Waals surface area contributed by atoms with Gasteiger partial charge in [0.15, 0.2) is 0 Å². The number of rotatable bonds is 5. The van der Waals surface area contributed by atoms with Crippen molar-refractivity contribution in [3.05, 3.63) is 35.9 Å². The van der Waals surface area contributed by atoms with Crippen molar-refractivity contribution in [1.29, 1.82) is 0 Å². The second-order valence-corrected chi connectivity index (χ2v) is 4.38. The zero-order valence-corrected chi connectivity index (χ0v) is 10.1. The maximum absolute atomic E-state index is 12.0. The molecule has 1 amide bonds. The fourth-order valence-electron chi connectivity index (χ4n) is 2.27. The van der Waals surface area contributed by atoms with Crippen molar-refractivity contribution in [3.8, 4) is 0 Å². The first-order chi connectivity index (χ1) is 8.27. The molecule has 4 heteroatoms. The molecule has 0 heterocycles. The van der Waals surface area contributed by atoms with E-state index in [1.54, 1.807) is 0 Å². The van der Waals surface area contributed by atoms with Crippen molar-refractivity contribution < 1.29 is 4.79 Å². The fraction of sp³-hybridized carbons (Fsp3) is 0.462. The Morgan fingerprint density at radius 1 is 1.47 bits per heavy atom. The predicted octanol–water partition coefficient (Wildman–Crippen LogP) is 1.20. The summed E-state index contributed by atoms with van der Waals surface area (Å²) in [6.45, 7) is 2.94. The lowest BCUT2D eigenvalue weighted by Crippen LogP contribution is -2.44. The molecule has 0 radical (unpaired) electrons. The van der Waals surface area contributed by atoms with Crippen molar-refractivity contribution in [2.24, 2.45) is 5.84 Å². The van der Waals surface area contributed by atoms with Crippen LogP contribution in [-0.4, -0.2) is 23.4 Å². The van der Waals surface area contributed by atoms with E-state index in [9.17, 15) is 4.79 Å². The van der Waals surface area contributed by atoms with E-state index in [0.29, 0.717) is 6.04 Å². The molecule has 0 aliphatic heterocycles. The van der Waals surface area contributed by atoms with Crippen LogP contribution in [0.5, 0.6) is 0 Å². The average Bonchev–Trinajstić information content (AvgIpc) is 3.20. The molecule has 1 aromatic rings. The van der Waals surface area contributed by atoms with Gasteiger partial charge in [0.2, 0.25) is 0 Å². The second kappa shape index (κ2) is 5.29. The van der Waals surface area contributed by atoms with Gasteiger partial charge >= 0.3 is 0 Å². The number of carbonyl (C=O) groups excluding carboxylic acids is 1. The lowest BCUT2D eigenvalue weighted by atomic mass is 10.0. The molecule has 1 unspecified atom stereocenters. The van der Waals surface area contributed by atoms with Gasteiger partial charge in [-0.1, -0.05) is 37.3 Å². The van der Waals surface area contributed by atoms with Gasteiger partial charge in [-0.2, -0.15) is 0 Å². The lowest BCUT2D eigenvalue weighted by molar-refractivity contribution is -0.127. The molecule has 1 saturated carbocycles.